The lowest BCUT2D eigenvalue weighted by Crippen LogP contribution is -2.28. The number of nitrogens with zero attached hydrogens (tertiary/aromatic N) is 2. The molecule has 5 heteroatoms. The number of anilines is 1. The van der Waals surface area contributed by atoms with Crippen LogP contribution in [0.1, 0.15) is 17.8 Å². The molecular formula is C24H21N3O2. The van der Waals surface area contributed by atoms with Gasteiger partial charge in [-0.05, 0) is 49.2 Å². The fraction of sp³-hybridized carbons (Fsp3) is 0.167. The number of benzene rings is 2. The van der Waals surface area contributed by atoms with Gasteiger partial charge in [0.2, 0.25) is 5.91 Å². The molecule has 0 saturated heterocycles. The van der Waals surface area contributed by atoms with E-state index in [4.69, 9.17) is 9.72 Å². The summed E-state index contributed by atoms with van der Waals surface area (Å²) in [5, 5.41) is 3.08. The molecule has 5 nitrogen and oxygen atoms in total. The third kappa shape index (κ3) is 3.47. The Hall–Kier alpha value is -3.60. The van der Waals surface area contributed by atoms with E-state index in [-0.39, 0.29) is 11.8 Å². The van der Waals surface area contributed by atoms with Crippen LogP contribution in [0.5, 0.6) is 11.5 Å². The van der Waals surface area contributed by atoms with Gasteiger partial charge in [-0.3, -0.25) is 4.79 Å². The van der Waals surface area contributed by atoms with Crippen molar-refractivity contribution in [3.05, 3.63) is 90.4 Å². The lowest BCUT2D eigenvalue weighted by Gasteiger charge is -2.22. The van der Waals surface area contributed by atoms with Crippen LogP contribution in [0.4, 0.5) is 5.69 Å². The standard InChI is InChI=1S/C24H21N3O2/c28-24(17-13-14-19-21(16-17)27-15-7-6-12-23(27)25-19)26-20-10-4-5-11-22(20)29-18-8-2-1-3-9-18/h1-12,15,17H,13-14,16H2,(H,26,28). The van der Waals surface area contributed by atoms with Gasteiger partial charge in [-0.15, -0.1) is 0 Å². The molecule has 0 radical (unpaired) electrons. The zero-order chi connectivity index (χ0) is 19.6. The number of carbonyl (C=O) groups excluding carboxylic acids is 1. The summed E-state index contributed by atoms with van der Waals surface area (Å²) in [6.07, 6.45) is 4.32. The van der Waals surface area contributed by atoms with Crippen molar-refractivity contribution in [1.82, 2.24) is 9.38 Å². The molecule has 1 atom stereocenters. The number of aryl methyl sites for hydroxylation is 1. The number of carbonyl (C=O) groups is 1. The van der Waals surface area contributed by atoms with E-state index >= 15 is 0 Å². The highest BCUT2D eigenvalue weighted by molar-refractivity contribution is 5.94. The summed E-state index contributed by atoms with van der Waals surface area (Å²) in [6.45, 7) is 0. The van der Waals surface area contributed by atoms with Gasteiger partial charge in [0.15, 0.2) is 5.75 Å². The molecule has 1 aliphatic rings. The Balaban J connectivity index is 1.35. The van der Waals surface area contributed by atoms with Crippen LogP contribution in [-0.4, -0.2) is 15.3 Å². The number of nitrogens with one attached hydrogen (secondary N) is 1. The minimum absolute atomic E-state index is 0.0191. The van der Waals surface area contributed by atoms with Gasteiger partial charge in [-0.2, -0.15) is 0 Å². The number of hydrogen-bond donors (Lipinski definition) is 1. The Bertz CT molecular complexity index is 1170. The van der Waals surface area contributed by atoms with Crippen molar-refractivity contribution < 1.29 is 9.53 Å². The van der Waals surface area contributed by atoms with Crippen molar-refractivity contribution in [2.24, 2.45) is 5.92 Å². The first-order valence-electron chi connectivity index (χ1n) is 9.85. The van der Waals surface area contributed by atoms with Gasteiger partial charge in [0.1, 0.15) is 11.4 Å². The molecule has 1 unspecified atom stereocenters. The van der Waals surface area contributed by atoms with Gasteiger partial charge in [-0.1, -0.05) is 36.4 Å². The van der Waals surface area contributed by atoms with Crippen LogP contribution >= 0.6 is 0 Å². The lowest BCUT2D eigenvalue weighted by molar-refractivity contribution is -0.120. The predicted octanol–water partition coefficient (Wildman–Crippen LogP) is 4.87. The van der Waals surface area contributed by atoms with Crippen molar-refractivity contribution >= 4 is 17.2 Å². The monoisotopic (exact) mass is 383 g/mol. The molecule has 0 spiro atoms. The first-order chi connectivity index (χ1) is 14.3. The van der Waals surface area contributed by atoms with E-state index in [2.05, 4.69) is 9.72 Å². The maximum Gasteiger partial charge on any atom is 0.227 e. The topological polar surface area (TPSA) is 55.6 Å². The Labute approximate surface area is 169 Å². The van der Waals surface area contributed by atoms with Crippen LogP contribution in [0.15, 0.2) is 79.0 Å². The summed E-state index contributed by atoms with van der Waals surface area (Å²) >= 11 is 0. The van der Waals surface area contributed by atoms with E-state index in [0.717, 1.165) is 35.6 Å². The van der Waals surface area contributed by atoms with Gasteiger partial charge in [0.05, 0.1) is 11.4 Å². The molecule has 1 aliphatic carbocycles. The fourth-order valence-electron chi connectivity index (χ4n) is 3.89. The van der Waals surface area contributed by atoms with Gasteiger partial charge in [0, 0.05) is 24.2 Å². The van der Waals surface area contributed by atoms with Gasteiger partial charge >= 0.3 is 0 Å². The largest absolute Gasteiger partial charge is 0.455 e. The first-order valence-corrected chi connectivity index (χ1v) is 9.85. The summed E-state index contributed by atoms with van der Waals surface area (Å²) in [4.78, 5) is 17.7. The van der Waals surface area contributed by atoms with Crippen molar-refractivity contribution in [3.8, 4) is 11.5 Å². The Morgan fingerprint density at radius 3 is 2.69 bits per heavy atom. The molecule has 144 valence electrons. The zero-order valence-electron chi connectivity index (χ0n) is 15.9. The highest BCUT2D eigenvalue weighted by Gasteiger charge is 2.28. The van der Waals surface area contributed by atoms with E-state index in [1.807, 2.05) is 79.0 Å². The summed E-state index contributed by atoms with van der Waals surface area (Å²) < 4.78 is 8.07. The van der Waals surface area contributed by atoms with Gasteiger partial charge < -0.3 is 14.5 Å². The molecule has 0 bridgehead atoms. The molecular weight excluding hydrogens is 362 g/mol. The molecule has 2 heterocycles. The van der Waals surface area contributed by atoms with Crippen molar-refractivity contribution in [3.63, 3.8) is 0 Å². The van der Waals surface area contributed by atoms with Crippen LogP contribution in [-0.2, 0) is 17.6 Å². The first kappa shape index (κ1) is 17.5. The Morgan fingerprint density at radius 1 is 1.00 bits per heavy atom. The van der Waals surface area contributed by atoms with E-state index in [1.54, 1.807) is 0 Å². The second kappa shape index (κ2) is 7.43. The minimum atomic E-state index is -0.0904. The van der Waals surface area contributed by atoms with E-state index in [1.165, 1.54) is 0 Å². The summed E-state index contributed by atoms with van der Waals surface area (Å²) in [7, 11) is 0. The maximum absolute atomic E-state index is 13.0. The molecule has 0 fully saturated rings. The van der Waals surface area contributed by atoms with Crippen LogP contribution in [0.2, 0.25) is 0 Å². The van der Waals surface area contributed by atoms with Crippen molar-refractivity contribution in [2.75, 3.05) is 5.32 Å². The quantitative estimate of drug-likeness (QED) is 0.547. The smallest absolute Gasteiger partial charge is 0.227 e. The molecule has 5 rings (SSSR count). The number of para-hydroxylation sites is 3. The summed E-state index contributed by atoms with van der Waals surface area (Å²) in [6, 6.07) is 23.1. The molecule has 1 amide bonds. The third-order valence-electron chi connectivity index (χ3n) is 5.37. The summed E-state index contributed by atoms with van der Waals surface area (Å²) in [5.74, 6) is 1.30. The third-order valence-corrected chi connectivity index (χ3v) is 5.37. The average Bonchev–Trinajstić information content (AvgIpc) is 3.14. The lowest BCUT2D eigenvalue weighted by atomic mass is 9.89. The average molecular weight is 383 g/mol. The van der Waals surface area contributed by atoms with Crippen LogP contribution in [0.3, 0.4) is 0 Å². The molecule has 0 saturated carbocycles. The Morgan fingerprint density at radius 2 is 1.79 bits per heavy atom. The number of imidazole rings is 1. The number of fused-ring (bicyclic) bond motifs is 3. The maximum atomic E-state index is 13.0. The van der Waals surface area contributed by atoms with Gasteiger partial charge in [0.25, 0.3) is 0 Å². The molecule has 29 heavy (non-hydrogen) atoms. The van der Waals surface area contributed by atoms with E-state index in [9.17, 15) is 4.79 Å². The van der Waals surface area contributed by atoms with Crippen LogP contribution in [0, 0.1) is 5.92 Å². The zero-order valence-corrected chi connectivity index (χ0v) is 15.9. The number of hydrogen-bond acceptors (Lipinski definition) is 3. The Kier molecular flexibility index (Phi) is 4.48. The van der Waals surface area contributed by atoms with E-state index < -0.39 is 0 Å². The minimum Gasteiger partial charge on any atom is -0.455 e. The molecule has 2 aromatic carbocycles. The number of amides is 1. The van der Waals surface area contributed by atoms with E-state index in [0.29, 0.717) is 17.9 Å². The van der Waals surface area contributed by atoms with Crippen LogP contribution in [0.25, 0.3) is 5.65 Å². The highest BCUT2D eigenvalue weighted by atomic mass is 16.5. The van der Waals surface area contributed by atoms with Crippen molar-refractivity contribution in [1.29, 1.82) is 0 Å². The fourth-order valence-corrected chi connectivity index (χ4v) is 3.89. The number of ether oxygens (including phenoxy) is 1. The number of rotatable bonds is 4. The molecule has 4 aromatic rings. The van der Waals surface area contributed by atoms with Crippen LogP contribution < -0.4 is 10.1 Å². The summed E-state index contributed by atoms with van der Waals surface area (Å²) in [5.41, 5.74) is 3.87. The SMILES string of the molecule is O=C(Nc1ccccc1Oc1ccccc1)C1CCc2nc3ccccn3c2C1. The molecule has 2 aromatic heterocycles. The predicted molar refractivity (Wildman–Crippen MR) is 112 cm³/mol. The second-order valence-corrected chi connectivity index (χ2v) is 7.27. The molecule has 0 aliphatic heterocycles. The number of pyridine rings is 1. The normalized spacial score (nSPS) is 15.7. The highest BCUT2D eigenvalue weighted by Crippen LogP contribution is 2.31. The van der Waals surface area contributed by atoms with Gasteiger partial charge in [-0.25, -0.2) is 4.98 Å². The van der Waals surface area contributed by atoms with Crippen molar-refractivity contribution in [2.45, 2.75) is 19.3 Å². The second-order valence-electron chi connectivity index (χ2n) is 7.27. The number of aromatic nitrogens is 2. The molecule has 1 N–H and O–H groups in total.